The molecule has 0 bridgehead atoms. The zero-order valence-corrected chi connectivity index (χ0v) is 23.5. The molecule has 0 heterocycles. The van der Waals surface area contributed by atoms with E-state index in [2.05, 4.69) is 75.7 Å². The number of hydrogen-bond acceptors (Lipinski definition) is 5. The minimum atomic E-state index is -0.456. The van der Waals surface area contributed by atoms with Crippen molar-refractivity contribution in [2.75, 3.05) is 13.2 Å². The van der Waals surface area contributed by atoms with Gasteiger partial charge in [-0.05, 0) is 98.2 Å². The van der Waals surface area contributed by atoms with Crippen LogP contribution in [0.15, 0.2) is 45.3 Å². The molecule has 0 saturated carbocycles. The van der Waals surface area contributed by atoms with Crippen molar-refractivity contribution < 1.29 is 19.1 Å². The highest BCUT2D eigenvalue weighted by molar-refractivity contribution is 9.10. The van der Waals surface area contributed by atoms with E-state index in [0.717, 1.165) is 16.5 Å². The van der Waals surface area contributed by atoms with E-state index in [0.29, 0.717) is 40.0 Å². The number of amides is 2. The van der Waals surface area contributed by atoms with Crippen molar-refractivity contribution in [3.05, 3.63) is 56.5 Å². The number of halogens is 2. The van der Waals surface area contributed by atoms with Crippen molar-refractivity contribution in [1.82, 2.24) is 16.2 Å². The van der Waals surface area contributed by atoms with Crippen LogP contribution in [-0.2, 0) is 4.79 Å². The highest BCUT2D eigenvalue weighted by Crippen LogP contribution is 2.29. The third kappa shape index (κ3) is 9.23. The molecular weight excluding hydrogens is 586 g/mol. The van der Waals surface area contributed by atoms with Gasteiger partial charge < -0.3 is 9.47 Å². The van der Waals surface area contributed by atoms with Crippen molar-refractivity contribution in [2.24, 2.45) is 5.92 Å². The van der Waals surface area contributed by atoms with Crippen LogP contribution in [0.5, 0.6) is 11.5 Å². The Morgan fingerprint density at radius 1 is 0.941 bits per heavy atom. The topological polar surface area (TPSA) is 88.7 Å². The molecule has 0 unspecified atom stereocenters. The minimum absolute atomic E-state index is 0.0470. The molecular formula is C24H29Br2N3O4S. The Kier molecular flexibility index (Phi) is 11.3. The molecule has 0 spiro atoms. The second-order valence-electron chi connectivity index (χ2n) is 8.27. The molecule has 0 fully saturated rings. The summed E-state index contributed by atoms with van der Waals surface area (Å²) in [6, 6.07) is 10.7. The summed E-state index contributed by atoms with van der Waals surface area (Å²) in [5.41, 5.74) is 6.44. The van der Waals surface area contributed by atoms with E-state index in [1.165, 1.54) is 0 Å². The first-order chi connectivity index (χ1) is 16.1. The molecule has 7 nitrogen and oxygen atoms in total. The maximum absolute atomic E-state index is 12.4. The van der Waals surface area contributed by atoms with Gasteiger partial charge in [-0.2, -0.15) is 0 Å². The van der Waals surface area contributed by atoms with E-state index in [4.69, 9.17) is 21.7 Å². The van der Waals surface area contributed by atoms with Gasteiger partial charge in [0.05, 0.1) is 15.6 Å². The Morgan fingerprint density at radius 2 is 1.59 bits per heavy atom. The summed E-state index contributed by atoms with van der Waals surface area (Å²) in [6.45, 7) is 8.82. The zero-order valence-electron chi connectivity index (χ0n) is 19.5. The van der Waals surface area contributed by atoms with Crippen molar-refractivity contribution in [1.29, 1.82) is 0 Å². The highest BCUT2D eigenvalue weighted by Gasteiger charge is 2.12. The molecule has 2 rings (SSSR count). The quantitative estimate of drug-likeness (QED) is 0.256. The number of carbonyl (C=O) groups is 2. The number of hydrazine groups is 1. The smallest absolute Gasteiger partial charge is 0.276 e. The zero-order chi connectivity index (χ0) is 25.3. The number of hydrogen-bond donors (Lipinski definition) is 3. The van der Waals surface area contributed by atoms with Gasteiger partial charge in [-0.1, -0.05) is 33.8 Å². The van der Waals surface area contributed by atoms with Gasteiger partial charge in [0, 0.05) is 5.56 Å². The Bertz CT molecular complexity index is 1030. The van der Waals surface area contributed by atoms with Crippen LogP contribution in [0.3, 0.4) is 0 Å². The standard InChI is InChI=1S/C24H29Br2N3O4S/c1-14(2)9-10-32-20-8-6-17(12-19(20)26)23(31)27-24(34)29-28-22(30)13-33-21-7-5-16(15(3)4)11-18(21)25/h5-8,11-12,14-15H,9-10,13H2,1-4H3,(H,28,30)(H2,27,29,31,34). The molecule has 34 heavy (non-hydrogen) atoms. The number of benzene rings is 2. The van der Waals surface area contributed by atoms with Gasteiger partial charge in [0.15, 0.2) is 11.7 Å². The molecule has 0 saturated heterocycles. The lowest BCUT2D eigenvalue weighted by atomic mass is 10.0. The molecule has 10 heteroatoms. The normalized spacial score (nSPS) is 10.7. The van der Waals surface area contributed by atoms with Crippen molar-refractivity contribution in [3.8, 4) is 11.5 Å². The fraction of sp³-hybridized carbons (Fsp3) is 0.375. The van der Waals surface area contributed by atoms with Crippen LogP contribution in [0.4, 0.5) is 0 Å². The summed E-state index contributed by atoms with van der Waals surface area (Å²) < 4.78 is 12.7. The predicted octanol–water partition coefficient (Wildman–Crippen LogP) is 5.47. The molecule has 184 valence electrons. The fourth-order valence-corrected chi connectivity index (χ4v) is 3.82. The van der Waals surface area contributed by atoms with Crippen LogP contribution >= 0.6 is 44.1 Å². The SMILES string of the molecule is CC(C)CCOc1ccc(C(=O)NC(=S)NNC(=O)COc2ccc(C(C)C)cc2Br)cc1Br. The number of thiocarbonyl (C=S) groups is 1. The van der Waals surface area contributed by atoms with Crippen LogP contribution in [-0.4, -0.2) is 30.1 Å². The lowest BCUT2D eigenvalue weighted by molar-refractivity contribution is -0.123. The Balaban J connectivity index is 1.78. The molecule has 0 aliphatic carbocycles. The fourth-order valence-electron chi connectivity index (χ4n) is 2.67. The van der Waals surface area contributed by atoms with Crippen molar-refractivity contribution in [2.45, 2.75) is 40.0 Å². The Hall–Kier alpha value is -2.17. The van der Waals surface area contributed by atoms with E-state index in [1.54, 1.807) is 18.2 Å². The summed E-state index contributed by atoms with van der Waals surface area (Å²) in [6.07, 6.45) is 0.938. The minimum Gasteiger partial charge on any atom is -0.492 e. The summed E-state index contributed by atoms with van der Waals surface area (Å²) in [5.74, 6) is 1.26. The monoisotopic (exact) mass is 613 g/mol. The van der Waals surface area contributed by atoms with Crippen LogP contribution in [0, 0.1) is 5.92 Å². The number of ether oxygens (including phenoxy) is 2. The molecule has 0 radical (unpaired) electrons. The second kappa shape index (κ2) is 13.7. The lowest BCUT2D eigenvalue weighted by Gasteiger charge is -2.13. The van der Waals surface area contributed by atoms with E-state index < -0.39 is 11.8 Å². The van der Waals surface area contributed by atoms with Gasteiger partial charge >= 0.3 is 0 Å². The van der Waals surface area contributed by atoms with Gasteiger partial charge in [0.1, 0.15) is 11.5 Å². The van der Waals surface area contributed by atoms with Gasteiger partial charge in [-0.15, -0.1) is 0 Å². The van der Waals surface area contributed by atoms with E-state index in [1.807, 2.05) is 18.2 Å². The third-order valence-electron chi connectivity index (χ3n) is 4.67. The van der Waals surface area contributed by atoms with E-state index >= 15 is 0 Å². The van der Waals surface area contributed by atoms with Crippen LogP contribution in [0.25, 0.3) is 0 Å². The highest BCUT2D eigenvalue weighted by atomic mass is 79.9. The maximum Gasteiger partial charge on any atom is 0.276 e. The molecule has 3 N–H and O–H groups in total. The first kappa shape index (κ1) is 28.1. The largest absolute Gasteiger partial charge is 0.492 e. The van der Waals surface area contributed by atoms with Gasteiger partial charge in [-0.25, -0.2) is 0 Å². The Labute approximate surface area is 222 Å². The predicted molar refractivity (Wildman–Crippen MR) is 144 cm³/mol. The third-order valence-corrected chi connectivity index (χ3v) is 6.11. The summed E-state index contributed by atoms with van der Waals surface area (Å²) in [7, 11) is 0. The lowest BCUT2D eigenvalue weighted by Crippen LogP contribution is -2.49. The second-order valence-corrected chi connectivity index (χ2v) is 10.4. The first-order valence-electron chi connectivity index (χ1n) is 10.8. The van der Waals surface area contributed by atoms with Gasteiger partial charge in [0.25, 0.3) is 11.8 Å². The first-order valence-corrected chi connectivity index (χ1v) is 12.8. The van der Waals surface area contributed by atoms with Crippen LogP contribution in [0.2, 0.25) is 0 Å². The van der Waals surface area contributed by atoms with Gasteiger partial charge in [-0.3, -0.25) is 25.8 Å². The average Bonchev–Trinajstić information content (AvgIpc) is 2.77. The van der Waals surface area contributed by atoms with Crippen molar-refractivity contribution >= 4 is 61.0 Å². The van der Waals surface area contributed by atoms with Crippen molar-refractivity contribution in [3.63, 3.8) is 0 Å². The maximum atomic E-state index is 12.4. The molecule has 2 amide bonds. The van der Waals surface area contributed by atoms with Crippen LogP contribution in [0.1, 0.15) is 56.0 Å². The number of nitrogens with one attached hydrogen (secondary N) is 3. The molecule has 0 atom stereocenters. The van der Waals surface area contributed by atoms with Gasteiger partial charge in [0.2, 0.25) is 0 Å². The average molecular weight is 615 g/mol. The summed E-state index contributed by atoms with van der Waals surface area (Å²) in [5, 5.41) is 2.47. The van der Waals surface area contributed by atoms with E-state index in [9.17, 15) is 9.59 Å². The van der Waals surface area contributed by atoms with Crippen LogP contribution < -0.4 is 25.6 Å². The molecule has 0 aliphatic heterocycles. The summed E-state index contributed by atoms with van der Waals surface area (Å²) >= 11 is 12.0. The molecule has 0 aromatic heterocycles. The molecule has 2 aromatic rings. The summed E-state index contributed by atoms with van der Waals surface area (Å²) in [4.78, 5) is 24.5. The molecule has 0 aliphatic rings. The number of carbonyl (C=O) groups excluding carboxylic acids is 2. The molecule has 2 aromatic carbocycles. The van der Waals surface area contributed by atoms with E-state index in [-0.39, 0.29) is 11.7 Å². The number of rotatable bonds is 9. The Morgan fingerprint density at radius 3 is 2.21 bits per heavy atom.